The van der Waals surface area contributed by atoms with Gasteiger partial charge in [-0.1, -0.05) is 46.6 Å². The molecule has 0 N–H and O–H groups in total. The van der Waals surface area contributed by atoms with E-state index in [0.29, 0.717) is 6.04 Å². The van der Waals surface area contributed by atoms with Gasteiger partial charge in [-0.3, -0.25) is 0 Å². The molecule has 1 aromatic rings. The van der Waals surface area contributed by atoms with E-state index in [-0.39, 0.29) is 0 Å². The van der Waals surface area contributed by atoms with Crippen LogP contribution >= 0.6 is 27.5 Å². The zero-order valence-corrected chi connectivity index (χ0v) is 12.1. The second kappa shape index (κ2) is 4.97. The van der Waals surface area contributed by atoms with Gasteiger partial charge in [-0.2, -0.15) is 0 Å². The summed E-state index contributed by atoms with van der Waals surface area (Å²) < 4.78 is 0. The molecular weight excluding hydrogens is 286 g/mol. The Morgan fingerprint density at radius 2 is 2.19 bits per heavy atom. The van der Waals surface area contributed by atoms with Crippen LogP contribution in [-0.4, -0.2) is 12.6 Å². The summed E-state index contributed by atoms with van der Waals surface area (Å²) in [5.74, 6) is 0.759. The number of rotatable bonds is 2. The highest BCUT2D eigenvalue weighted by Gasteiger charge is 2.28. The normalized spacial score (nSPS) is 25.1. The fourth-order valence-electron chi connectivity index (χ4n) is 2.60. The van der Waals surface area contributed by atoms with Crippen molar-refractivity contribution in [3.63, 3.8) is 0 Å². The van der Waals surface area contributed by atoms with Crippen LogP contribution in [0.4, 0.5) is 5.69 Å². The van der Waals surface area contributed by atoms with Crippen molar-refractivity contribution in [2.75, 3.05) is 11.4 Å². The first-order valence-electron chi connectivity index (χ1n) is 5.73. The van der Waals surface area contributed by atoms with E-state index < -0.39 is 0 Å². The summed E-state index contributed by atoms with van der Waals surface area (Å²) >= 11 is 9.88. The molecule has 1 fully saturated rings. The number of hydrogen-bond donors (Lipinski definition) is 0. The zero-order valence-electron chi connectivity index (χ0n) is 9.71. The third-order valence-corrected chi connectivity index (χ3v) is 4.19. The summed E-state index contributed by atoms with van der Waals surface area (Å²) in [5, 5.41) is 1.73. The molecule has 1 saturated heterocycles. The number of nitrogens with zero attached hydrogens (tertiary/aromatic N) is 1. The number of hydrogen-bond acceptors (Lipinski definition) is 1. The van der Waals surface area contributed by atoms with Gasteiger partial charge in [-0.05, 0) is 30.9 Å². The summed E-state index contributed by atoms with van der Waals surface area (Å²) in [4.78, 5) is 2.45. The lowest BCUT2D eigenvalue weighted by molar-refractivity contribution is 0.625. The van der Waals surface area contributed by atoms with Crippen LogP contribution < -0.4 is 4.90 Å². The Bertz CT molecular complexity index is 380. The van der Waals surface area contributed by atoms with Gasteiger partial charge in [0.15, 0.2) is 0 Å². The van der Waals surface area contributed by atoms with Gasteiger partial charge in [0.2, 0.25) is 0 Å². The van der Waals surface area contributed by atoms with Gasteiger partial charge < -0.3 is 4.90 Å². The average Bonchev–Trinajstić information content (AvgIpc) is 2.57. The second-order valence-corrected chi connectivity index (χ2v) is 5.69. The predicted octanol–water partition coefficient (Wildman–Crippen LogP) is 4.47. The molecular formula is C13H17BrClN. The Morgan fingerprint density at radius 1 is 1.44 bits per heavy atom. The number of benzene rings is 1. The van der Waals surface area contributed by atoms with E-state index in [1.165, 1.54) is 17.7 Å². The van der Waals surface area contributed by atoms with Crippen molar-refractivity contribution >= 4 is 33.2 Å². The highest BCUT2D eigenvalue weighted by Crippen LogP contribution is 2.37. The first-order valence-corrected chi connectivity index (χ1v) is 7.23. The predicted molar refractivity (Wildman–Crippen MR) is 74.7 cm³/mol. The van der Waals surface area contributed by atoms with Crippen LogP contribution in [0.3, 0.4) is 0 Å². The summed E-state index contributed by atoms with van der Waals surface area (Å²) in [5.41, 5.74) is 2.51. The molecule has 0 aromatic heterocycles. The standard InChI is InChI=1S/C13H17BrClN/c1-9-6-10(2)16(8-9)13-11(7-14)4-3-5-12(13)15/h3-5,9-10H,6-8H2,1-2H3. The molecule has 1 aromatic carbocycles. The summed E-state index contributed by atoms with van der Waals surface area (Å²) in [6.07, 6.45) is 1.26. The lowest BCUT2D eigenvalue weighted by atomic mass is 10.1. The molecule has 2 atom stereocenters. The quantitative estimate of drug-likeness (QED) is 0.729. The van der Waals surface area contributed by atoms with Gasteiger partial charge in [0.05, 0.1) is 10.7 Å². The van der Waals surface area contributed by atoms with Gasteiger partial charge in [-0.25, -0.2) is 0 Å². The summed E-state index contributed by atoms with van der Waals surface area (Å²) in [7, 11) is 0. The molecule has 1 aliphatic heterocycles. The minimum absolute atomic E-state index is 0.590. The third kappa shape index (κ3) is 2.23. The van der Waals surface area contributed by atoms with Crippen LogP contribution in [0.1, 0.15) is 25.8 Å². The number of anilines is 1. The van der Waals surface area contributed by atoms with E-state index in [2.05, 4.69) is 40.7 Å². The van der Waals surface area contributed by atoms with E-state index in [1.807, 2.05) is 12.1 Å². The van der Waals surface area contributed by atoms with E-state index in [9.17, 15) is 0 Å². The van der Waals surface area contributed by atoms with Crippen molar-refractivity contribution in [3.8, 4) is 0 Å². The molecule has 88 valence electrons. The minimum Gasteiger partial charge on any atom is -0.367 e. The van der Waals surface area contributed by atoms with Crippen molar-refractivity contribution < 1.29 is 0 Å². The third-order valence-electron chi connectivity index (χ3n) is 3.29. The molecule has 0 bridgehead atoms. The van der Waals surface area contributed by atoms with E-state index >= 15 is 0 Å². The number of alkyl halides is 1. The zero-order chi connectivity index (χ0) is 11.7. The summed E-state index contributed by atoms with van der Waals surface area (Å²) in [6.45, 7) is 5.71. The van der Waals surface area contributed by atoms with Crippen LogP contribution in [0.2, 0.25) is 5.02 Å². The Balaban J connectivity index is 2.39. The topological polar surface area (TPSA) is 3.24 Å². The van der Waals surface area contributed by atoms with Crippen LogP contribution in [0.15, 0.2) is 18.2 Å². The van der Waals surface area contributed by atoms with E-state index in [4.69, 9.17) is 11.6 Å². The van der Waals surface area contributed by atoms with Crippen molar-refractivity contribution in [2.24, 2.45) is 5.92 Å². The molecule has 1 aliphatic rings. The minimum atomic E-state index is 0.590. The highest BCUT2D eigenvalue weighted by atomic mass is 79.9. The van der Waals surface area contributed by atoms with Gasteiger partial charge >= 0.3 is 0 Å². The van der Waals surface area contributed by atoms with Crippen LogP contribution in [0, 0.1) is 5.92 Å². The molecule has 1 heterocycles. The SMILES string of the molecule is CC1CC(C)N(c2c(Cl)cccc2CBr)C1. The molecule has 0 amide bonds. The molecule has 0 aliphatic carbocycles. The van der Waals surface area contributed by atoms with Gasteiger partial charge in [-0.15, -0.1) is 0 Å². The molecule has 2 unspecified atom stereocenters. The Hall–Kier alpha value is -0.210. The molecule has 2 rings (SSSR count). The first-order chi connectivity index (χ1) is 7.63. The van der Waals surface area contributed by atoms with Crippen LogP contribution in [-0.2, 0) is 5.33 Å². The first kappa shape index (κ1) is 12.3. The maximum absolute atomic E-state index is 6.34. The lowest BCUT2D eigenvalue weighted by Crippen LogP contribution is -2.27. The fourth-order valence-corrected chi connectivity index (χ4v) is 3.36. The molecule has 0 saturated carbocycles. The monoisotopic (exact) mass is 301 g/mol. The maximum atomic E-state index is 6.34. The van der Waals surface area contributed by atoms with Gasteiger partial charge in [0, 0.05) is 17.9 Å². The van der Waals surface area contributed by atoms with E-state index in [1.54, 1.807) is 0 Å². The van der Waals surface area contributed by atoms with Crippen LogP contribution in [0.5, 0.6) is 0 Å². The lowest BCUT2D eigenvalue weighted by Gasteiger charge is -2.27. The fraction of sp³-hybridized carbons (Fsp3) is 0.538. The highest BCUT2D eigenvalue weighted by molar-refractivity contribution is 9.08. The smallest absolute Gasteiger partial charge is 0.0642 e. The molecule has 16 heavy (non-hydrogen) atoms. The van der Waals surface area contributed by atoms with Crippen molar-refractivity contribution in [1.29, 1.82) is 0 Å². The molecule has 0 spiro atoms. The van der Waals surface area contributed by atoms with Crippen molar-refractivity contribution in [3.05, 3.63) is 28.8 Å². The molecule has 3 heteroatoms. The Kier molecular flexibility index (Phi) is 3.81. The van der Waals surface area contributed by atoms with Crippen LogP contribution in [0.25, 0.3) is 0 Å². The maximum Gasteiger partial charge on any atom is 0.0642 e. The summed E-state index contributed by atoms with van der Waals surface area (Å²) in [6, 6.07) is 6.74. The van der Waals surface area contributed by atoms with Crippen molar-refractivity contribution in [1.82, 2.24) is 0 Å². The Labute approximate surface area is 111 Å². The largest absolute Gasteiger partial charge is 0.367 e. The molecule has 1 nitrogen and oxygen atoms in total. The molecule has 0 radical (unpaired) electrons. The Morgan fingerprint density at radius 3 is 2.75 bits per heavy atom. The second-order valence-electron chi connectivity index (χ2n) is 4.72. The van der Waals surface area contributed by atoms with Gasteiger partial charge in [0.1, 0.15) is 0 Å². The number of halogens is 2. The number of para-hydroxylation sites is 1. The van der Waals surface area contributed by atoms with Crippen molar-refractivity contribution in [2.45, 2.75) is 31.6 Å². The van der Waals surface area contributed by atoms with Gasteiger partial charge in [0.25, 0.3) is 0 Å². The average molecular weight is 303 g/mol. The van der Waals surface area contributed by atoms with E-state index in [0.717, 1.165) is 22.8 Å².